The van der Waals surface area contributed by atoms with E-state index in [2.05, 4.69) is 17.3 Å². The third kappa shape index (κ3) is 83.7. The van der Waals surface area contributed by atoms with Crippen LogP contribution in [0.15, 0.2) is 0 Å². The number of carboxylic acids is 3. The molecule has 19 heavy (non-hydrogen) atoms. The Bertz CT molecular complexity index is 211. The summed E-state index contributed by atoms with van der Waals surface area (Å²) in [6.45, 7) is 7.99. The van der Waals surface area contributed by atoms with Gasteiger partial charge in [0.2, 0.25) is 0 Å². The Balaban J connectivity index is -0.000000189. The Hall–Kier alpha value is -1.67. The normalized spacial score (nSPS) is 13.3. The third-order valence-corrected chi connectivity index (χ3v) is 1.34. The predicted octanol–water partition coefficient (Wildman–Crippen LogP) is -0.206. The molecule has 0 aliphatic carbocycles. The van der Waals surface area contributed by atoms with Crippen LogP contribution in [0, 0.1) is 0 Å². The molecule has 1 rings (SSSR count). The van der Waals surface area contributed by atoms with Crippen LogP contribution >= 0.6 is 0 Å². The van der Waals surface area contributed by atoms with E-state index in [1.54, 1.807) is 0 Å². The van der Waals surface area contributed by atoms with Crippen LogP contribution < -0.4 is 5.32 Å². The van der Waals surface area contributed by atoms with Gasteiger partial charge in [-0.1, -0.05) is 0 Å². The zero-order valence-corrected chi connectivity index (χ0v) is 11.8. The van der Waals surface area contributed by atoms with Gasteiger partial charge in [0.05, 0.1) is 0 Å². The number of nitrogens with one attached hydrogen (secondary N) is 1. The van der Waals surface area contributed by atoms with Gasteiger partial charge in [0.25, 0.3) is 17.9 Å². The lowest BCUT2D eigenvalue weighted by Gasteiger charge is -2.21. The number of piperazine rings is 1. The summed E-state index contributed by atoms with van der Waals surface area (Å²) >= 11 is 0. The van der Waals surface area contributed by atoms with Crippen molar-refractivity contribution in [1.82, 2.24) is 10.2 Å². The summed E-state index contributed by atoms with van der Waals surface area (Å²) in [5.41, 5.74) is 0. The monoisotopic (exact) mass is 280 g/mol. The van der Waals surface area contributed by atoms with Crippen LogP contribution in [0.5, 0.6) is 0 Å². The summed E-state index contributed by atoms with van der Waals surface area (Å²) in [7, 11) is 2.15. The minimum Gasteiger partial charge on any atom is -0.481 e. The Morgan fingerprint density at radius 3 is 1.16 bits per heavy atom. The van der Waals surface area contributed by atoms with E-state index < -0.39 is 17.9 Å². The lowest BCUT2D eigenvalue weighted by Crippen LogP contribution is -2.40. The van der Waals surface area contributed by atoms with Crippen molar-refractivity contribution in [2.45, 2.75) is 20.8 Å². The highest BCUT2D eigenvalue weighted by atomic mass is 16.4. The molecule has 1 aliphatic heterocycles. The van der Waals surface area contributed by atoms with Crippen molar-refractivity contribution in [2.24, 2.45) is 0 Å². The molecule has 1 saturated heterocycles. The fourth-order valence-corrected chi connectivity index (χ4v) is 0.777. The van der Waals surface area contributed by atoms with Crippen molar-refractivity contribution in [1.29, 1.82) is 0 Å². The van der Waals surface area contributed by atoms with Crippen molar-refractivity contribution >= 4 is 17.9 Å². The highest BCUT2D eigenvalue weighted by Gasteiger charge is 2.01. The molecule has 0 amide bonds. The highest BCUT2D eigenvalue weighted by Crippen LogP contribution is 1.83. The number of hydrogen-bond acceptors (Lipinski definition) is 5. The second-order valence-corrected chi connectivity index (χ2v) is 3.61. The van der Waals surface area contributed by atoms with Crippen LogP contribution in [0.3, 0.4) is 0 Å². The van der Waals surface area contributed by atoms with Crippen LogP contribution in [-0.4, -0.2) is 71.4 Å². The predicted molar refractivity (Wildman–Crippen MR) is 70.3 cm³/mol. The average Bonchev–Trinajstić information content (AvgIpc) is 2.15. The van der Waals surface area contributed by atoms with Gasteiger partial charge in [-0.3, -0.25) is 14.4 Å². The third-order valence-electron chi connectivity index (χ3n) is 1.34. The topological polar surface area (TPSA) is 127 Å². The first-order chi connectivity index (χ1) is 8.59. The van der Waals surface area contributed by atoms with Gasteiger partial charge in [-0.15, -0.1) is 0 Å². The van der Waals surface area contributed by atoms with Crippen LogP contribution in [0.25, 0.3) is 0 Å². The van der Waals surface area contributed by atoms with Gasteiger partial charge < -0.3 is 25.5 Å². The van der Waals surface area contributed by atoms with Crippen LogP contribution in [0.1, 0.15) is 20.8 Å². The summed E-state index contributed by atoms with van der Waals surface area (Å²) < 4.78 is 0. The zero-order chi connectivity index (χ0) is 15.8. The number of carbonyl (C=O) groups is 3. The van der Waals surface area contributed by atoms with E-state index in [1.165, 1.54) is 13.1 Å². The number of likely N-dealkylation sites (N-methyl/N-ethyl adjacent to an activating group) is 1. The molecule has 8 nitrogen and oxygen atoms in total. The smallest absolute Gasteiger partial charge is 0.300 e. The highest BCUT2D eigenvalue weighted by molar-refractivity contribution is 5.63. The van der Waals surface area contributed by atoms with E-state index in [-0.39, 0.29) is 0 Å². The molecular weight excluding hydrogens is 256 g/mol. The lowest BCUT2D eigenvalue weighted by molar-refractivity contribution is -0.135. The minimum absolute atomic E-state index is 0.833. The van der Waals surface area contributed by atoms with Gasteiger partial charge in [-0.25, -0.2) is 0 Å². The molecule has 4 N–H and O–H groups in total. The Morgan fingerprint density at radius 2 is 1.05 bits per heavy atom. The van der Waals surface area contributed by atoms with Crippen molar-refractivity contribution in [3.8, 4) is 0 Å². The quantitative estimate of drug-likeness (QED) is 0.480. The van der Waals surface area contributed by atoms with Crippen molar-refractivity contribution in [2.75, 3.05) is 33.2 Å². The van der Waals surface area contributed by atoms with Gasteiger partial charge in [0.1, 0.15) is 0 Å². The molecule has 0 radical (unpaired) electrons. The van der Waals surface area contributed by atoms with Gasteiger partial charge in [0, 0.05) is 47.0 Å². The van der Waals surface area contributed by atoms with Crippen LogP contribution in [0.4, 0.5) is 0 Å². The Labute approximate surface area is 113 Å². The molecule has 1 fully saturated rings. The zero-order valence-electron chi connectivity index (χ0n) is 11.8. The van der Waals surface area contributed by atoms with Crippen molar-refractivity contribution in [3.63, 3.8) is 0 Å². The Morgan fingerprint density at radius 1 is 0.842 bits per heavy atom. The molecule has 0 aromatic rings. The summed E-state index contributed by atoms with van der Waals surface area (Å²) in [5, 5.41) is 25.5. The minimum atomic E-state index is -0.833. The second-order valence-electron chi connectivity index (χ2n) is 3.61. The molecule has 0 aromatic carbocycles. The summed E-state index contributed by atoms with van der Waals surface area (Å²) in [4.78, 5) is 29.3. The molecule has 114 valence electrons. The molecule has 1 heterocycles. The maximum Gasteiger partial charge on any atom is 0.300 e. The molecule has 0 unspecified atom stereocenters. The van der Waals surface area contributed by atoms with Crippen molar-refractivity contribution < 1.29 is 29.7 Å². The molecule has 0 bridgehead atoms. The molecule has 1 aliphatic rings. The standard InChI is InChI=1S/C5H12N2.3C2H4O2/c1-7-4-2-6-3-5-7;3*1-2(3)4/h6H,2-5H2,1H3;3*1H3,(H,3,4). The number of aliphatic carboxylic acids is 3. The Kier molecular flexibility index (Phi) is 19.3. The van der Waals surface area contributed by atoms with E-state index in [1.807, 2.05) is 0 Å². The second kappa shape index (κ2) is 16.3. The van der Waals surface area contributed by atoms with Crippen LogP contribution in [0.2, 0.25) is 0 Å². The summed E-state index contributed by atoms with van der Waals surface area (Å²) in [6.07, 6.45) is 0. The number of rotatable bonds is 0. The molecule has 0 atom stereocenters. The van der Waals surface area contributed by atoms with Gasteiger partial charge in [-0.05, 0) is 7.05 Å². The number of hydrogen-bond donors (Lipinski definition) is 4. The molecular formula is C11H24N2O6. The first kappa shape index (κ1) is 22.5. The van der Waals surface area contributed by atoms with E-state index in [0.29, 0.717) is 0 Å². The first-order valence-electron chi connectivity index (χ1n) is 5.57. The lowest BCUT2D eigenvalue weighted by atomic mass is 10.4. The van der Waals surface area contributed by atoms with Gasteiger partial charge in [0.15, 0.2) is 0 Å². The maximum absolute atomic E-state index is 9.00. The maximum atomic E-state index is 9.00. The fourth-order valence-electron chi connectivity index (χ4n) is 0.777. The van der Waals surface area contributed by atoms with Gasteiger partial charge in [-0.2, -0.15) is 0 Å². The molecule has 0 saturated carbocycles. The summed E-state index contributed by atoms with van der Waals surface area (Å²) in [5.74, 6) is -2.50. The molecule has 0 spiro atoms. The average molecular weight is 280 g/mol. The van der Waals surface area contributed by atoms with E-state index >= 15 is 0 Å². The number of nitrogens with zero attached hydrogens (tertiary/aromatic N) is 1. The number of carboxylic acid groups (broad SMARTS) is 3. The first-order valence-corrected chi connectivity index (χ1v) is 5.57. The van der Waals surface area contributed by atoms with E-state index in [9.17, 15) is 0 Å². The van der Waals surface area contributed by atoms with E-state index in [4.69, 9.17) is 29.7 Å². The molecule has 0 aromatic heterocycles. The molecule has 8 heteroatoms. The largest absolute Gasteiger partial charge is 0.481 e. The van der Waals surface area contributed by atoms with Gasteiger partial charge >= 0.3 is 0 Å². The summed E-state index contributed by atoms with van der Waals surface area (Å²) in [6, 6.07) is 0. The van der Waals surface area contributed by atoms with Crippen LogP contribution in [-0.2, 0) is 14.4 Å². The SMILES string of the molecule is CC(=O)O.CC(=O)O.CC(=O)O.CN1CCNCC1. The van der Waals surface area contributed by atoms with E-state index in [0.717, 1.165) is 33.9 Å². The van der Waals surface area contributed by atoms with Crippen molar-refractivity contribution in [3.05, 3.63) is 0 Å². The fraction of sp³-hybridized carbons (Fsp3) is 0.727.